The van der Waals surface area contributed by atoms with Gasteiger partial charge in [0.05, 0.1) is 12.5 Å². The Bertz CT molecular complexity index is 760. The summed E-state index contributed by atoms with van der Waals surface area (Å²) in [7, 11) is 0. The molecular formula is C19H28N4O2. The van der Waals surface area contributed by atoms with Gasteiger partial charge in [0, 0.05) is 29.5 Å². The van der Waals surface area contributed by atoms with E-state index in [1.807, 2.05) is 19.9 Å². The van der Waals surface area contributed by atoms with Crippen molar-refractivity contribution in [2.24, 2.45) is 0 Å². The Balaban J connectivity index is 1.70. The molecule has 0 bridgehead atoms. The minimum absolute atomic E-state index is 0.197. The first-order chi connectivity index (χ1) is 11.9. The van der Waals surface area contributed by atoms with E-state index >= 15 is 0 Å². The Labute approximate surface area is 149 Å². The van der Waals surface area contributed by atoms with Crippen LogP contribution in [0, 0.1) is 20.8 Å². The molecule has 1 aliphatic rings. The highest BCUT2D eigenvalue weighted by Crippen LogP contribution is 2.26. The number of aromatic nitrogens is 3. The van der Waals surface area contributed by atoms with Crippen LogP contribution in [0.2, 0.25) is 0 Å². The third-order valence-corrected chi connectivity index (χ3v) is 5.07. The summed E-state index contributed by atoms with van der Waals surface area (Å²) in [4.78, 5) is 19.4. The number of likely N-dealkylation sites (tertiary alicyclic amines) is 1. The highest BCUT2D eigenvalue weighted by molar-refractivity contribution is 5.99. The maximum absolute atomic E-state index is 12.9. The molecule has 0 spiro atoms. The third-order valence-electron chi connectivity index (χ3n) is 5.07. The molecule has 0 radical (unpaired) electrons. The number of hydrogen-bond acceptors (Lipinski definition) is 5. The van der Waals surface area contributed by atoms with Crippen molar-refractivity contribution in [3.05, 3.63) is 34.7 Å². The lowest BCUT2D eigenvalue weighted by Gasteiger charge is -2.30. The maximum atomic E-state index is 12.9. The summed E-state index contributed by atoms with van der Waals surface area (Å²) in [6.45, 7) is 12.4. The van der Waals surface area contributed by atoms with Gasteiger partial charge in [0.15, 0.2) is 11.6 Å². The van der Waals surface area contributed by atoms with Gasteiger partial charge in [-0.1, -0.05) is 5.16 Å². The second-order valence-electron chi connectivity index (χ2n) is 7.43. The monoisotopic (exact) mass is 344 g/mol. The van der Waals surface area contributed by atoms with Crippen molar-refractivity contribution in [3.63, 3.8) is 0 Å². The molecule has 0 unspecified atom stereocenters. The topological polar surface area (TPSA) is 64.2 Å². The predicted octanol–water partition coefficient (Wildman–Crippen LogP) is 3.44. The summed E-state index contributed by atoms with van der Waals surface area (Å²) < 4.78 is 7.56. The summed E-state index contributed by atoms with van der Waals surface area (Å²) >= 11 is 0. The van der Waals surface area contributed by atoms with Crippen LogP contribution < -0.4 is 0 Å². The van der Waals surface area contributed by atoms with Gasteiger partial charge in [-0.3, -0.25) is 9.69 Å². The van der Waals surface area contributed by atoms with Crippen molar-refractivity contribution in [1.82, 2.24) is 19.6 Å². The number of carbonyl (C=O) groups is 1. The highest BCUT2D eigenvalue weighted by Gasteiger charge is 2.27. The van der Waals surface area contributed by atoms with Crippen LogP contribution in [0.25, 0.3) is 0 Å². The molecule has 136 valence electrons. The van der Waals surface area contributed by atoms with Crippen LogP contribution in [0.5, 0.6) is 0 Å². The number of aryl methyl sites for hydroxylation is 2. The number of ketones is 1. The van der Waals surface area contributed by atoms with Gasteiger partial charge in [0.1, 0.15) is 0 Å². The Morgan fingerprint density at radius 3 is 2.72 bits per heavy atom. The third kappa shape index (κ3) is 3.68. The van der Waals surface area contributed by atoms with Gasteiger partial charge in [-0.25, -0.2) is 0 Å². The number of nitrogens with zero attached hydrogens (tertiary/aromatic N) is 4. The van der Waals surface area contributed by atoms with Crippen LogP contribution in [0.3, 0.4) is 0 Å². The van der Waals surface area contributed by atoms with Crippen molar-refractivity contribution >= 4 is 5.78 Å². The fourth-order valence-corrected chi connectivity index (χ4v) is 4.02. The molecule has 25 heavy (non-hydrogen) atoms. The molecule has 3 heterocycles. The molecule has 0 N–H and O–H groups in total. The number of Topliss-reactive ketones (excluding diaryl/α,β-unsaturated/α-hetero) is 1. The summed E-state index contributed by atoms with van der Waals surface area (Å²) in [6, 6.07) is 2.39. The molecule has 0 saturated carbocycles. The Morgan fingerprint density at radius 1 is 1.36 bits per heavy atom. The zero-order valence-electron chi connectivity index (χ0n) is 15.9. The van der Waals surface area contributed by atoms with Gasteiger partial charge in [-0.15, -0.1) is 0 Å². The molecule has 6 nitrogen and oxygen atoms in total. The quantitative estimate of drug-likeness (QED) is 0.778. The predicted molar refractivity (Wildman–Crippen MR) is 96.1 cm³/mol. The van der Waals surface area contributed by atoms with Gasteiger partial charge in [-0.05, 0) is 60.1 Å². The van der Waals surface area contributed by atoms with Gasteiger partial charge < -0.3 is 9.09 Å². The van der Waals surface area contributed by atoms with E-state index in [-0.39, 0.29) is 11.7 Å². The smallest absolute Gasteiger partial charge is 0.231 e. The molecule has 2 aromatic rings. The van der Waals surface area contributed by atoms with E-state index in [0.29, 0.717) is 24.3 Å². The lowest BCUT2D eigenvalue weighted by Crippen LogP contribution is -2.38. The first-order valence-corrected chi connectivity index (χ1v) is 9.11. The Hall–Kier alpha value is -1.95. The van der Waals surface area contributed by atoms with Crippen molar-refractivity contribution in [3.8, 4) is 0 Å². The van der Waals surface area contributed by atoms with Crippen LogP contribution in [0.1, 0.15) is 72.1 Å². The summed E-state index contributed by atoms with van der Waals surface area (Å²) in [5, 5.41) is 3.89. The molecule has 1 fully saturated rings. The largest absolute Gasteiger partial charge is 0.346 e. The van der Waals surface area contributed by atoms with E-state index in [4.69, 9.17) is 4.52 Å². The lowest BCUT2D eigenvalue weighted by molar-refractivity contribution is 0.0898. The molecule has 1 aliphatic heterocycles. The van der Waals surface area contributed by atoms with Crippen LogP contribution in [0.4, 0.5) is 0 Å². The average molecular weight is 344 g/mol. The number of hydrogen-bond donors (Lipinski definition) is 0. The van der Waals surface area contributed by atoms with E-state index in [9.17, 15) is 4.79 Å². The standard InChI is InChI=1S/C19H28N4O2/c1-12(2)23-13(3)9-17(14(23)4)18(24)11-22-8-6-7-16(10-22)19-20-15(5)21-25-19/h9,12,16H,6-8,10-11H2,1-5H3/t16-/m0/s1. The zero-order chi connectivity index (χ0) is 18.1. The minimum Gasteiger partial charge on any atom is -0.346 e. The van der Waals surface area contributed by atoms with E-state index in [1.165, 1.54) is 0 Å². The van der Waals surface area contributed by atoms with Crippen LogP contribution in [0.15, 0.2) is 10.6 Å². The molecular weight excluding hydrogens is 316 g/mol. The minimum atomic E-state index is 0.197. The van der Waals surface area contributed by atoms with Gasteiger partial charge >= 0.3 is 0 Å². The number of carbonyl (C=O) groups excluding carboxylic acids is 1. The van der Waals surface area contributed by atoms with Gasteiger partial charge in [0.2, 0.25) is 5.89 Å². The molecule has 0 amide bonds. The van der Waals surface area contributed by atoms with E-state index in [1.54, 1.807) is 0 Å². The fourth-order valence-electron chi connectivity index (χ4n) is 4.02. The summed E-state index contributed by atoms with van der Waals surface area (Å²) in [5.41, 5.74) is 3.06. The van der Waals surface area contributed by atoms with E-state index < -0.39 is 0 Å². The molecule has 1 saturated heterocycles. The maximum Gasteiger partial charge on any atom is 0.231 e. The lowest BCUT2D eigenvalue weighted by atomic mass is 9.97. The van der Waals surface area contributed by atoms with Crippen molar-refractivity contribution in [2.45, 2.75) is 59.4 Å². The van der Waals surface area contributed by atoms with Crippen LogP contribution >= 0.6 is 0 Å². The molecule has 2 aromatic heterocycles. The molecule has 1 atom stereocenters. The van der Waals surface area contributed by atoms with Gasteiger partial charge in [-0.2, -0.15) is 4.98 Å². The normalized spacial score (nSPS) is 18.9. The van der Waals surface area contributed by atoms with Crippen LogP contribution in [-0.2, 0) is 0 Å². The Kier molecular flexibility index (Phi) is 5.08. The summed E-state index contributed by atoms with van der Waals surface area (Å²) in [6.07, 6.45) is 2.08. The first-order valence-electron chi connectivity index (χ1n) is 9.11. The second-order valence-corrected chi connectivity index (χ2v) is 7.43. The molecule has 3 rings (SSSR count). The Morgan fingerprint density at radius 2 is 2.12 bits per heavy atom. The molecule has 0 aromatic carbocycles. The van der Waals surface area contributed by atoms with Crippen molar-refractivity contribution < 1.29 is 9.32 Å². The number of piperidine rings is 1. The van der Waals surface area contributed by atoms with Crippen molar-refractivity contribution in [1.29, 1.82) is 0 Å². The van der Waals surface area contributed by atoms with E-state index in [0.717, 1.165) is 42.9 Å². The molecule has 6 heteroatoms. The van der Waals surface area contributed by atoms with Gasteiger partial charge in [0.25, 0.3) is 0 Å². The number of rotatable bonds is 5. The first kappa shape index (κ1) is 17.9. The average Bonchev–Trinajstić information content (AvgIpc) is 3.11. The van der Waals surface area contributed by atoms with E-state index in [2.05, 4.69) is 40.4 Å². The summed E-state index contributed by atoms with van der Waals surface area (Å²) in [5.74, 6) is 1.80. The SMILES string of the molecule is Cc1noc([C@H]2CCCN(CC(=O)c3cc(C)n(C(C)C)c3C)C2)n1. The highest BCUT2D eigenvalue weighted by atomic mass is 16.5. The zero-order valence-corrected chi connectivity index (χ0v) is 15.9. The second kappa shape index (κ2) is 7.12. The molecule has 0 aliphatic carbocycles. The fraction of sp³-hybridized carbons (Fsp3) is 0.632. The van der Waals surface area contributed by atoms with Crippen LogP contribution in [-0.4, -0.2) is 45.0 Å². The van der Waals surface area contributed by atoms with Crippen molar-refractivity contribution in [2.75, 3.05) is 19.6 Å².